The third-order valence-corrected chi connectivity index (χ3v) is 4.54. The SMILES string of the molecule is COCCOc1cnc(Cl)nc1-c1cn2c3c(cccc13)CCC2. The van der Waals surface area contributed by atoms with E-state index in [9.17, 15) is 0 Å². The predicted molar refractivity (Wildman–Crippen MR) is 93.7 cm³/mol. The van der Waals surface area contributed by atoms with Crippen molar-refractivity contribution in [3.05, 3.63) is 41.4 Å². The van der Waals surface area contributed by atoms with E-state index in [4.69, 9.17) is 21.1 Å². The molecule has 124 valence electrons. The van der Waals surface area contributed by atoms with Gasteiger partial charge >= 0.3 is 0 Å². The summed E-state index contributed by atoms with van der Waals surface area (Å²) in [6, 6.07) is 6.43. The largest absolute Gasteiger partial charge is 0.487 e. The van der Waals surface area contributed by atoms with E-state index >= 15 is 0 Å². The smallest absolute Gasteiger partial charge is 0.223 e. The van der Waals surface area contributed by atoms with Crippen LogP contribution in [0.2, 0.25) is 5.28 Å². The highest BCUT2D eigenvalue weighted by Gasteiger charge is 2.20. The van der Waals surface area contributed by atoms with E-state index in [1.807, 2.05) is 0 Å². The minimum atomic E-state index is 0.219. The molecule has 1 aromatic carbocycles. The van der Waals surface area contributed by atoms with Crippen LogP contribution in [0.1, 0.15) is 12.0 Å². The van der Waals surface area contributed by atoms with Gasteiger partial charge in [0.2, 0.25) is 5.28 Å². The van der Waals surface area contributed by atoms with E-state index in [0.717, 1.165) is 30.6 Å². The molecule has 0 saturated heterocycles. The van der Waals surface area contributed by atoms with Crippen molar-refractivity contribution in [2.24, 2.45) is 0 Å². The van der Waals surface area contributed by atoms with Gasteiger partial charge in [0.1, 0.15) is 12.3 Å². The lowest BCUT2D eigenvalue weighted by molar-refractivity contribution is 0.146. The maximum absolute atomic E-state index is 6.05. The van der Waals surface area contributed by atoms with Crippen LogP contribution in [0, 0.1) is 0 Å². The Kier molecular flexibility index (Phi) is 4.12. The summed E-state index contributed by atoms with van der Waals surface area (Å²) in [6.07, 6.45) is 6.05. The van der Waals surface area contributed by atoms with Crippen LogP contribution in [0.5, 0.6) is 5.75 Å². The molecule has 1 aliphatic rings. The molecule has 3 heterocycles. The van der Waals surface area contributed by atoms with Crippen LogP contribution in [0.15, 0.2) is 30.6 Å². The molecule has 2 aromatic heterocycles. The summed E-state index contributed by atoms with van der Waals surface area (Å²) in [6.45, 7) is 1.97. The summed E-state index contributed by atoms with van der Waals surface area (Å²) in [7, 11) is 1.65. The second-order valence-electron chi connectivity index (χ2n) is 5.85. The summed E-state index contributed by atoms with van der Waals surface area (Å²) < 4.78 is 13.2. The molecule has 0 atom stereocenters. The Morgan fingerprint density at radius 2 is 2.21 bits per heavy atom. The van der Waals surface area contributed by atoms with Crippen LogP contribution in [0.25, 0.3) is 22.2 Å². The molecule has 24 heavy (non-hydrogen) atoms. The molecule has 0 saturated carbocycles. The van der Waals surface area contributed by atoms with Crippen molar-refractivity contribution >= 4 is 22.5 Å². The van der Waals surface area contributed by atoms with Crippen LogP contribution < -0.4 is 4.74 Å². The predicted octanol–water partition coefficient (Wildman–Crippen LogP) is 3.72. The van der Waals surface area contributed by atoms with Crippen molar-refractivity contribution in [2.45, 2.75) is 19.4 Å². The summed E-state index contributed by atoms with van der Waals surface area (Å²) in [4.78, 5) is 8.51. The lowest BCUT2D eigenvalue weighted by atomic mass is 10.0. The molecule has 5 nitrogen and oxygen atoms in total. The third kappa shape index (κ3) is 2.64. The quantitative estimate of drug-likeness (QED) is 0.523. The van der Waals surface area contributed by atoms with Gasteiger partial charge in [-0.15, -0.1) is 0 Å². The average Bonchev–Trinajstić information content (AvgIpc) is 2.97. The number of nitrogens with zero attached hydrogens (tertiary/aromatic N) is 3. The normalized spacial score (nSPS) is 13.4. The molecule has 0 amide bonds. The summed E-state index contributed by atoms with van der Waals surface area (Å²) >= 11 is 6.05. The number of benzene rings is 1. The maximum atomic E-state index is 6.05. The molecular formula is C18H18ClN3O2. The van der Waals surface area contributed by atoms with Crippen LogP contribution in [-0.2, 0) is 17.7 Å². The minimum Gasteiger partial charge on any atom is -0.487 e. The van der Waals surface area contributed by atoms with Gasteiger partial charge in [-0.25, -0.2) is 9.97 Å². The van der Waals surface area contributed by atoms with Crippen molar-refractivity contribution in [3.63, 3.8) is 0 Å². The van der Waals surface area contributed by atoms with Gasteiger partial charge in [-0.05, 0) is 30.0 Å². The van der Waals surface area contributed by atoms with Gasteiger partial charge in [-0.1, -0.05) is 18.2 Å². The van der Waals surface area contributed by atoms with Crippen molar-refractivity contribution in [1.82, 2.24) is 14.5 Å². The Labute approximate surface area is 145 Å². The average molecular weight is 344 g/mol. The Balaban J connectivity index is 1.86. The summed E-state index contributed by atoms with van der Waals surface area (Å²) in [5.74, 6) is 0.625. The minimum absolute atomic E-state index is 0.219. The lowest BCUT2D eigenvalue weighted by Crippen LogP contribution is -2.06. The van der Waals surface area contributed by atoms with Gasteiger partial charge in [0.15, 0.2) is 5.75 Å². The van der Waals surface area contributed by atoms with E-state index in [1.165, 1.54) is 16.5 Å². The zero-order chi connectivity index (χ0) is 16.5. The number of aromatic nitrogens is 3. The number of aryl methyl sites for hydroxylation is 2. The van der Waals surface area contributed by atoms with Crippen LogP contribution in [0.4, 0.5) is 0 Å². The van der Waals surface area contributed by atoms with E-state index in [0.29, 0.717) is 19.0 Å². The molecule has 0 aliphatic carbocycles. The fourth-order valence-electron chi connectivity index (χ4n) is 3.33. The van der Waals surface area contributed by atoms with E-state index in [1.54, 1.807) is 13.3 Å². The lowest BCUT2D eigenvalue weighted by Gasteiger charge is -2.14. The number of rotatable bonds is 5. The van der Waals surface area contributed by atoms with E-state index in [2.05, 4.69) is 38.9 Å². The molecule has 6 heteroatoms. The first-order valence-electron chi connectivity index (χ1n) is 8.03. The summed E-state index contributed by atoms with van der Waals surface area (Å²) in [5.41, 5.74) is 4.43. The zero-order valence-corrected chi connectivity index (χ0v) is 14.2. The number of hydrogen-bond acceptors (Lipinski definition) is 4. The number of methoxy groups -OCH3 is 1. The van der Waals surface area contributed by atoms with Crippen LogP contribution in [0.3, 0.4) is 0 Å². The molecule has 0 fully saturated rings. The van der Waals surface area contributed by atoms with Gasteiger partial charge in [0.25, 0.3) is 0 Å². The standard InChI is InChI=1S/C18H18ClN3O2/c1-23-8-9-24-15-10-20-18(19)21-16(15)14-11-22-7-3-5-12-4-2-6-13(14)17(12)22/h2,4,6,10-11H,3,5,7-9H2,1H3. The van der Waals surface area contributed by atoms with Crippen molar-refractivity contribution in [1.29, 1.82) is 0 Å². The van der Waals surface area contributed by atoms with Crippen LogP contribution >= 0.6 is 11.6 Å². The van der Waals surface area contributed by atoms with Gasteiger partial charge in [-0.2, -0.15) is 0 Å². The highest BCUT2D eigenvalue weighted by molar-refractivity contribution is 6.28. The van der Waals surface area contributed by atoms with Crippen molar-refractivity contribution in [2.75, 3.05) is 20.3 Å². The first-order valence-corrected chi connectivity index (χ1v) is 8.41. The topological polar surface area (TPSA) is 49.2 Å². The molecule has 0 spiro atoms. The molecule has 0 radical (unpaired) electrons. The van der Waals surface area contributed by atoms with E-state index in [-0.39, 0.29) is 5.28 Å². The van der Waals surface area contributed by atoms with E-state index < -0.39 is 0 Å². The first-order chi connectivity index (χ1) is 11.8. The molecule has 0 bridgehead atoms. The molecule has 0 N–H and O–H groups in total. The Hall–Kier alpha value is -2.11. The number of halogens is 1. The zero-order valence-electron chi connectivity index (χ0n) is 13.5. The highest BCUT2D eigenvalue weighted by Crippen LogP contribution is 2.38. The molecule has 3 aromatic rings. The maximum Gasteiger partial charge on any atom is 0.223 e. The van der Waals surface area contributed by atoms with Gasteiger partial charge in [-0.3, -0.25) is 0 Å². The first kappa shape index (κ1) is 15.4. The Morgan fingerprint density at radius 3 is 3.08 bits per heavy atom. The fraction of sp³-hybridized carbons (Fsp3) is 0.333. The molecule has 1 aliphatic heterocycles. The fourth-order valence-corrected chi connectivity index (χ4v) is 3.46. The number of ether oxygens (including phenoxy) is 2. The third-order valence-electron chi connectivity index (χ3n) is 4.35. The molecule has 0 unspecified atom stereocenters. The number of hydrogen-bond donors (Lipinski definition) is 0. The Bertz CT molecular complexity index is 891. The second-order valence-corrected chi connectivity index (χ2v) is 6.18. The van der Waals surface area contributed by atoms with Crippen molar-refractivity contribution in [3.8, 4) is 17.0 Å². The Morgan fingerprint density at radius 1 is 1.29 bits per heavy atom. The summed E-state index contributed by atoms with van der Waals surface area (Å²) in [5, 5.41) is 1.40. The van der Waals surface area contributed by atoms with Gasteiger partial charge in [0.05, 0.1) is 18.3 Å². The number of para-hydroxylation sites is 1. The molecule has 4 rings (SSSR count). The van der Waals surface area contributed by atoms with Gasteiger partial charge in [0, 0.05) is 30.8 Å². The van der Waals surface area contributed by atoms with Gasteiger partial charge < -0.3 is 14.0 Å². The monoisotopic (exact) mass is 343 g/mol. The van der Waals surface area contributed by atoms with Crippen LogP contribution in [-0.4, -0.2) is 34.9 Å². The molecular weight excluding hydrogens is 326 g/mol. The second kappa shape index (κ2) is 6.42. The van der Waals surface area contributed by atoms with Crippen molar-refractivity contribution < 1.29 is 9.47 Å². The highest BCUT2D eigenvalue weighted by atomic mass is 35.5.